The van der Waals surface area contributed by atoms with Gasteiger partial charge in [0.05, 0.1) is 16.2 Å². The summed E-state index contributed by atoms with van der Waals surface area (Å²) in [5, 5.41) is 22.9. The molecular weight excluding hydrogens is 354 g/mol. The highest BCUT2D eigenvalue weighted by Gasteiger charge is 2.17. The number of nitrogens with one attached hydrogen (secondary N) is 1. The topological polar surface area (TPSA) is 135 Å². The van der Waals surface area contributed by atoms with Gasteiger partial charge < -0.3 is 14.5 Å². The van der Waals surface area contributed by atoms with Crippen molar-refractivity contribution < 1.29 is 23.7 Å². The third kappa shape index (κ3) is 3.91. The van der Waals surface area contributed by atoms with E-state index in [1.807, 2.05) is 0 Å². The van der Waals surface area contributed by atoms with E-state index < -0.39 is 23.4 Å². The molecule has 0 saturated heterocycles. The SMILES string of the molecule is N#Cc1cc([N+](=O)[O-])ccc1NC(=O)COC(=O)c1cc2ccccc2o1. The van der Waals surface area contributed by atoms with Gasteiger partial charge in [-0.15, -0.1) is 0 Å². The number of nitrogens with zero attached hydrogens (tertiary/aromatic N) is 2. The van der Waals surface area contributed by atoms with Gasteiger partial charge in [-0.2, -0.15) is 5.26 Å². The fourth-order valence-corrected chi connectivity index (χ4v) is 2.32. The number of esters is 1. The molecule has 3 aromatic rings. The molecular formula is C18H11N3O6. The maximum atomic E-state index is 12.0. The van der Waals surface area contributed by atoms with Crippen molar-refractivity contribution >= 4 is 34.2 Å². The molecule has 0 radical (unpaired) electrons. The van der Waals surface area contributed by atoms with Crippen molar-refractivity contribution in [2.45, 2.75) is 0 Å². The van der Waals surface area contributed by atoms with Gasteiger partial charge in [-0.1, -0.05) is 18.2 Å². The number of fused-ring (bicyclic) bond motifs is 1. The molecule has 134 valence electrons. The molecule has 0 bridgehead atoms. The number of nitro benzene ring substituents is 1. The Kier molecular flexibility index (Phi) is 4.81. The van der Waals surface area contributed by atoms with Crippen LogP contribution in [0.25, 0.3) is 11.0 Å². The van der Waals surface area contributed by atoms with Gasteiger partial charge >= 0.3 is 5.97 Å². The molecule has 0 aliphatic carbocycles. The number of carbonyl (C=O) groups is 2. The van der Waals surface area contributed by atoms with E-state index in [2.05, 4.69) is 5.32 Å². The monoisotopic (exact) mass is 365 g/mol. The van der Waals surface area contributed by atoms with Crippen LogP contribution in [0.1, 0.15) is 16.1 Å². The van der Waals surface area contributed by atoms with E-state index in [-0.39, 0.29) is 22.7 Å². The van der Waals surface area contributed by atoms with Crippen molar-refractivity contribution in [3.8, 4) is 6.07 Å². The van der Waals surface area contributed by atoms with Crippen LogP contribution in [0.3, 0.4) is 0 Å². The Balaban J connectivity index is 1.63. The Morgan fingerprint density at radius 2 is 2.00 bits per heavy atom. The van der Waals surface area contributed by atoms with Crippen LogP contribution in [0.5, 0.6) is 0 Å². The van der Waals surface area contributed by atoms with Crippen molar-refractivity contribution in [3.63, 3.8) is 0 Å². The number of non-ortho nitro benzene ring substituents is 1. The molecule has 2 aromatic carbocycles. The van der Waals surface area contributed by atoms with Gasteiger partial charge in [-0.05, 0) is 18.2 Å². The number of benzene rings is 2. The van der Waals surface area contributed by atoms with Crippen LogP contribution in [0.15, 0.2) is 52.9 Å². The standard InChI is InChI=1S/C18H11N3O6/c19-9-12-7-13(21(24)25)5-6-14(12)20-17(22)10-26-18(23)16-8-11-3-1-2-4-15(11)27-16/h1-8H,10H2,(H,20,22). The third-order valence-electron chi connectivity index (χ3n) is 3.57. The van der Waals surface area contributed by atoms with Crippen molar-refractivity contribution in [1.29, 1.82) is 5.26 Å². The summed E-state index contributed by atoms with van der Waals surface area (Å²) in [6.07, 6.45) is 0. The van der Waals surface area contributed by atoms with Gasteiger partial charge in [0, 0.05) is 17.5 Å². The van der Waals surface area contributed by atoms with E-state index in [1.54, 1.807) is 30.3 Å². The maximum absolute atomic E-state index is 12.0. The Morgan fingerprint density at radius 1 is 1.22 bits per heavy atom. The summed E-state index contributed by atoms with van der Waals surface area (Å²) in [6.45, 7) is -0.613. The number of carbonyl (C=O) groups excluding carboxylic acids is 2. The molecule has 3 rings (SSSR count). The second-order valence-electron chi connectivity index (χ2n) is 5.37. The van der Waals surface area contributed by atoms with Crippen LogP contribution < -0.4 is 5.32 Å². The molecule has 0 aliphatic rings. The van der Waals surface area contributed by atoms with Crippen molar-refractivity contribution in [1.82, 2.24) is 0 Å². The average molecular weight is 365 g/mol. The summed E-state index contributed by atoms with van der Waals surface area (Å²) >= 11 is 0. The van der Waals surface area contributed by atoms with E-state index in [1.165, 1.54) is 12.1 Å². The van der Waals surface area contributed by atoms with Crippen LogP contribution in [0, 0.1) is 21.4 Å². The molecule has 0 unspecified atom stereocenters. The van der Waals surface area contributed by atoms with E-state index >= 15 is 0 Å². The predicted molar refractivity (Wildman–Crippen MR) is 92.9 cm³/mol. The molecule has 9 heteroatoms. The van der Waals surface area contributed by atoms with Gasteiger partial charge in [0.2, 0.25) is 5.76 Å². The molecule has 0 fully saturated rings. The highest BCUT2D eigenvalue weighted by atomic mass is 16.6. The Bertz CT molecular complexity index is 1060. The van der Waals surface area contributed by atoms with Gasteiger partial charge in [0.15, 0.2) is 6.61 Å². The lowest BCUT2D eigenvalue weighted by atomic mass is 10.1. The van der Waals surface area contributed by atoms with Crippen molar-refractivity contribution in [2.75, 3.05) is 11.9 Å². The number of nitriles is 1. The zero-order valence-corrected chi connectivity index (χ0v) is 13.7. The normalized spacial score (nSPS) is 10.2. The van der Waals surface area contributed by atoms with Crippen LogP contribution >= 0.6 is 0 Å². The number of nitro groups is 1. The first-order chi connectivity index (χ1) is 13.0. The lowest BCUT2D eigenvalue weighted by Gasteiger charge is -2.07. The largest absolute Gasteiger partial charge is 0.450 e. The lowest BCUT2D eigenvalue weighted by molar-refractivity contribution is -0.384. The summed E-state index contributed by atoms with van der Waals surface area (Å²) in [4.78, 5) is 34.0. The number of hydrogen-bond acceptors (Lipinski definition) is 7. The number of rotatable bonds is 5. The van der Waals surface area contributed by atoms with Gasteiger partial charge in [-0.3, -0.25) is 14.9 Å². The summed E-state index contributed by atoms with van der Waals surface area (Å²) < 4.78 is 10.2. The quantitative estimate of drug-likeness (QED) is 0.417. The second-order valence-corrected chi connectivity index (χ2v) is 5.37. The van der Waals surface area contributed by atoms with Gasteiger partial charge in [0.1, 0.15) is 11.7 Å². The summed E-state index contributed by atoms with van der Waals surface area (Å²) in [5.41, 5.74) is 0.230. The Morgan fingerprint density at radius 3 is 2.70 bits per heavy atom. The Hall–Kier alpha value is -4.19. The molecule has 9 nitrogen and oxygen atoms in total. The van der Waals surface area contributed by atoms with Crippen LogP contribution in [0.4, 0.5) is 11.4 Å². The predicted octanol–water partition coefficient (Wildman–Crippen LogP) is 3.01. The zero-order chi connectivity index (χ0) is 19.4. The van der Waals surface area contributed by atoms with E-state index in [0.29, 0.717) is 5.58 Å². The first-order valence-electron chi connectivity index (χ1n) is 7.62. The van der Waals surface area contributed by atoms with E-state index in [9.17, 15) is 19.7 Å². The summed E-state index contributed by atoms with van der Waals surface area (Å²) in [6, 6.07) is 13.7. The number of ether oxygens (including phenoxy) is 1. The maximum Gasteiger partial charge on any atom is 0.374 e. The minimum Gasteiger partial charge on any atom is -0.450 e. The molecule has 0 atom stereocenters. The first kappa shape index (κ1) is 17.6. The van der Waals surface area contributed by atoms with Gasteiger partial charge in [-0.25, -0.2) is 4.79 Å². The molecule has 0 aliphatic heterocycles. The minimum atomic E-state index is -0.814. The number of amides is 1. The fraction of sp³-hybridized carbons (Fsp3) is 0.0556. The highest BCUT2D eigenvalue weighted by molar-refractivity contribution is 5.97. The molecule has 27 heavy (non-hydrogen) atoms. The molecule has 0 saturated carbocycles. The third-order valence-corrected chi connectivity index (χ3v) is 3.57. The van der Waals surface area contributed by atoms with Gasteiger partial charge in [0.25, 0.3) is 11.6 Å². The zero-order valence-electron chi connectivity index (χ0n) is 13.7. The second kappa shape index (κ2) is 7.37. The molecule has 0 spiro atoms. The minimum absolute atomic E-state index is 0.0444. The van der Waals surface area contributed by atoms with Crippen LogP contribution in [-0.4, -0.2) is 23.4 Å². The lowest BCUT2D eigenvalue weighted by Crippen LogP contribution is -2.21. The fourth-order valence-electron chi connectivity index (χ4n) is 2.32. The van der Waals surface area contributed by atoms with E-state index in [4.69, 9.17) is 14.4 Å². The smallest absolute Gasteiger partial charge is 0.374 e. The number of para-hydroxylation sites is 1. The Labute approximate surface area is 151 Å². The molecule has 1 heterocycles. The summed E-state index contributed by atoms with van der Waals surface area (Å²) in [5.74, 6) is -1.56. The molecule has 1 N–H and O–H groups in total. The van der Waals surface area contributed by atoms with Crippen LogP contribution in [-0.2, 0) is 9.53 Å². The average Bonchev–Trinajstić information content (AvgIpc) is 3.10. The van der Waals surface area contributed by atoms with Crippen molar-refractivity contribution in [2.24, 2.45) is 0 Å². The highest BCUT2D eigenvalue weighted by Crippen LogP contribution is 2.22. The molecule has 1 amide bonds. The van der Waals surface area contributed by atoms with E-state index in [0.717, 1.165) is 17.5 Å². The number of anilines is 1. The first-order valence-corrected chi connectivity index (χ1v) is 7.62. The number of hydrogen-bond donors (Lipinski definition) is 1. The molecule has 1 aromatic heterocycles. The summed E-state index contributed by atoms with van der Waals surface area (Å²) in [7, 11) is 0. The van der Waals surface area contributed by atoms with Crippen LogP contribution in [0.2, 0.25) is 0 Å². The van der Waals surface area contributed by atoms with Crippen molar-refractivity contribution in [3.05, 3.63) is 70.0 Å². The number of furan rings is 1.